The number of rotatable bonds is 3. The number of nitrogens with one attached hydrogen (secondary N) is 1. The molecule has 3 fully saturated rings. The fraction of sp³-hybridized carbons (Fsp3) is 0.667. The summed E-state index contributed by atoms with van der Waals surface area (Å²) in [5.74, 6) is 0.311. The van der Waals surface area contributed by atoms with E-state index < -0.39 is 11.7 Å². The quantitative estimate of drug-likeness (QED) is 0.766. The van der Waals surface area contributed by atoms with Gasteiger partial charge in [0.15, 0.2) is 0 Å². The van der Waals surface area contributed by atoms with Crippen LogP contribution in [0.1, 0.15) is 57.4 Å². The molecule has 7 heteroatoms. The van der Waals surface area contributed by atoms with E-state index >= 15 is 0 Å². The van der Waals surface area contributed by atoms with Crippen molar-refractivity contribution in [3.05, 3.63) is 23.8 Å². The predicted octanol–water partition coefficient (Wildman–Crippen LogP) is 3.69. The third kappa shape index (κ3) is 4.38. The lowest BCUT2D eigenvalue weighted by Crippen LogP contribution is -2.50. The van der Waals surface area contributed by atoms with Crippen LogP contribution in [0.25, 0.3) is 0 Å². The van der Waals surface area contributed by atoms with E-state index in [9.17, 15) is 14.7 Å². The summed E-state index contributed by atoms with van der Waals surface area (Å²) in [6.07, 6.45) is 5.71. The average Bonchev–Trinajstić information content (AvgIpc) is 3.03. The SMILES string of the molecule is COC(=O)Nc1ccc(N2CCC[C@]3(CCN([C@H]4CC[C@@](C)(O)CC4)C3=O)C2)c(C)c1. The van der Waals surface area contributed by atoms with Crippen LogP contribution >= 0.6 is 0 Å². The maximum absolute atomic E-state index is 13.6. The van der Waals surface area contributed by atoms with Gasteiger partial charge < -0.3 is 19.6 Å². The van der Waals surface area contributed by atoms with E-state index in [0.717, 1.165) is 75.8 Å². The second kappa shape index (κ2) is 8.34. The summed E-state index contributed by atoms with van der Waals surface area (Å²) in [6.45, 7) is 6.46. The maximum Gasteiger partial charge on any atom is 0.411 e. The van der Waals surface area contributed by atoms with Crippen molar-refractivity contribution in [3.63, 3.8) is 0 Å². The number of methoxy groups -OCH3 is 1. The van der Waals surface area contributed by atoms with Crippen LogP contribution in [0.2, 0.25) is 0 Å². The van der Waals surface area contributed by atoms with Crippen molar-refractivity contribution >= 4 is 23.4 Å². The molecule has 4 rings (SSSR count). The van der Waals surface area contributed by atoms with Crippen LogP contribution in [0.3, 0.4) is 0 Å². The number of aryl methyl sites for hydroxylation is 1. The van der Waals surface area contributed by atoms with Gasteiger partial charge in [-0.15, -0.1) is 0 Å². The van der Waals surface area contributed by atoms with E-state index in [1.807, 2.05) is 32.0 Å². The summed E-state index contributed by atoms with van der Waals surface area (Å²) in [6, 6.07) is 6.13. The predicted molar refractivity (Wildman–Crippen MR) is 120 cm³/mol. The molecular formula is C24H35N3O4. The molecule has 1 spiro atoms. The summed E-state index contributed by atoms with van der Waals surface area (Å²) in [7, 11) is 1.35. The highest BCUT2D eigenvalue weighted by atomic mass is 16.5. The Morgan fingerprint density at radius 3 is 2.61 bits per heavy atom. The molecule has 7 nitrogen and oxygen atoms in total. The summed E-state index contributed by atoms with van der Waals surface area (Å²) in [4.78, 5) is 29.5. The van der Waals surface area contributed by atoms with Gasteiger partial charge in [0, 0.05) is 37.1 Å². The highest BCUT2D eigenvalue weighted by Crippen LogP contribution is 2.44. The number of anilines is 2. The van der Waals surface area contributed by atoms with Gasteiger partial charge in [0.25, 0.3) is 0 Å². The normalized spacial score (nSPS) is 31.2. The summed E-state index contributed by atoms with van der Waals surface area (Å²) >= 11 is 0. The van der Waals surface area contributed by atoms with Crippen molar-refractivity contribution in [2.75, 3.05) is 37.0 Å². The van der Waals surface area contributed by atoms with Gasteiger partial charge >= 0.3 is 6.09 Å². The van der Waals surface area contributed by atoms with E-state index in [1.54, 1.807) is 0 Å². The van der Waals surface area contributed by atoms with Gasteiger partial charge in [-0.05, 0) is 82.6 Å². The molecule has 1 aromatic rings. The standard InChI is InChI=1S/C24H35N3O4/c1-17-15-18(25-22(29)31-3)5-6-20(17)26-13-4-9-24(16-26)12-14-27(21(24)28)19-7-10-23(2,30)11-8-19/h5-6,15,19,30H,4,7-14,16H2,1-3H3,(H,25,29)/t19-,23+,24-/m0/s1. The number of piperidine rings is 1. The van der Waals surface area contributed by atoms with Crippen LogP contribution in [0.5, 0.6) is 0 Å². The Bertz CT molecular complexity index is 845. The number of nitrogens with zero attached hydrogens (tertiary/aromatic N) is 2. The fourth-order valence-corrected chi connectivity index (χ4v) is 5.71. The van der Waals surface area contributed by atoms with Crippen molar-refractivity contribution < 1.29 is 19.4 Å². The molecule has 2 saturated heterocycles. The Kier molecular flexibility index (Phi) is 5.90. The number of likely N-dealkylation sites (tertiary alicyclic amines) is 1. The largest absolute Gasteiger partial charge is 0.453 e. The first-order valence-electron chi connectivity index (χ1n) is 11.5. The highest BCUT2D eigenvalue weighted by molar-refractivity contribution is 5.87. The average molecular weight is 430 g/mol. The lowest BCUT2D eigenvalue weighted by molar-refractivity contribution is -0.140. The smallest absolute Gasteiger partial charge is 0.411 e. The van der Waals surface area contributed by atoms with Gasteiger partial charge in [0.05, 0.1) is 18.1 Å². The minimum atomic E-state index is -0.578. The van der Waals surface area contributed by atoms with Crippen LogP contribution in [-0.2, 0) is 9.53 Å². The number of amides is 2. The number of hydrogen-bond acceptors (Lipinski definition) is 5. The molecule has 0 unspecified atom stereocenters. The lowest BCUT2D eigenvalue weighted by Gasteiger charge is -2.42. The van der Waals surface area contributed by atoms with Crippen LogP contribution in [-0.4, -0.2) is 60.4 Å². The van der Waals surface area contributed by atoms with E-state index in [0.29, 0.717) is 11.6 Å². The molecule has 0 aromatic heterocycles. The van der Waals surface area contributed by atoms with Crippen molar-refractivity contribution in [3.8, 4) is 0 Å². The molecule has 2 aliphatic heterocycles. The molecular weight excluding hydrogens is 394 g/mol. The first-order chi connectivity index (χ1) is 14.7. The summed E-state index contributed by atoms with van der Waals surface area (Å²) < 4.78 is 4.67. The Morgan fingerprint density at radius 2 is 1.94 bits per heavy atom. The number of hydrogen-bond donors (Lipinski definition) is 2. The van der Waals surface area contributed by atoms with Gasteiger partial charge in [-0.25, -0.2) is 4.79 Å². The number of aliphatic hydroxyl groups is 1. The number of carbonyl (C=O) groups excluding carboxylic acids is 2. The highest BCUT2D eigenvalue weighted by Gasteiger charge is 2.51. The molecule has 1 atom stereocenters. The van der Waals surface area contributed by atoms with Gasteiger partial charge in [0.2, 0.25) is 5.91 Å². The Balaban J connectivity index is 1.46. The molecule has 31 heavy (non-hydrogen) atoms. The monoisotopic (exact) mass is 429 g/mol. The number of ether oxygens (including phenoxy) is 1. The van der Waals surface area contributed by atoms with Crippen LogP contribution in [0.4, 0.5) is 16.2 Å². The second-order valence-corrected chi connectivity index (χ2v) is 9.90. The zero-order valence-electron chi connectivity index (χ0n) is 18.9. The van der Waals surface area contributed by atoms with E-state index in [-0.39, 0.29) is 11.5 Å². The molecule has 1 aliphatic carbocycles. The van der Waals surface area contributed by atoms with E-state index in [4.69, 9.17) is 0 Å². The van der Waals surface area contributed by atoms with Crippen molar-refractivity contribution in [2.24, 2.45) is 5.41 Å². The van der Waals surface area contributed by atoms with Crippen LogP contribution in [0, 0.1) is 12.3 Å². The van der Waals surface area contributed by atoms with Crippen molar-refractivity contribution in [1.29, 1.82) is 0 Å². The summed E-state index contributed by atoms with van der Waals surface area (Å²) in [5.41, 5.74) is 2.02. The second-order valence-electron chi connectivity index (χ2n) is 9.90. The van der Waals surface area contributed by atoms with Crippen molar-refractivity contribution in [2.45, 2.75) is 70.4 Å². The van der Waals surface area contributed by atoms with Gasteiger partial charge in [-0.1, -0.05) is 0 Å². The number of carbonyl (C=O) groups is 2. The molecule has 0 radical (unpaired) electrons. The molecule has 2 N–H and O–H groups in total. The van der Waals surface area contributed by atoms with Gasteiger partial charge in [-0.2, -0.15) is 0 Å². The first-order valence-corrected chi connectivity index (χ1v) is 11.5. The number of benzene rings is 1. The zero-order chi connectivity index (χ0) is 22.2. The van der Waals surface area contributed by atoms with Gasteiger partial charge in [0.1, 0.15) is 0 Å². The third-order valence-electron chi connectivity index (χ3n) is 7.57. The van der Waals surface area contributed by atoms with E-state index in [2.05, 4.69) is 19.9 Å². The minimum absolute atomic E-state index is 0.271. The molecule has 3 aliphatic rings. The van der Waals surface area contributed by atoms with Crippen LogP contribution < -0.4 is 10.2 Å². The Labute approximate surface area is 184 Å². The van der Waals surface area contributed by atoms with Crippen molar-refractivity contribution in [1.82, 2.24) is 4.90 Å². The Hall–Kier alpha value is -2.28. The molecule has 170 valence electrons. The van der Waals surface area contributed by atoms with Crippen LogP contribution in [0.15, 0.2) is 18.2 Å². The first kappa shape index (κ1) is 21.9. The summed E-state index contributed by atoms with van der Waals surface area (Å²) in [5, 5.41) is 13.0. The molecule has 2 amide bonds. The Morgan fingerprint density at radius 1 is 1.19 bits per heavy atom. The lowest BCUT2D eigenvalue weighted by atomic mass is 9.78. The van der Waals surface area contributed by atoms with E-state index in [1.165, 1.54) is 7.11 Å². The molecule has 2 heterocycles. The minimum Gasteiger partial charge on any atom is -0.453 e. The zero-order valence-corrected chi connectivity index (χ0v) is 18.9. The fourth-order valence-electron chi connectivity index (χ4n) is 5.71. The molecule has 1 saturated carbocycles. The molecule has 0 bridgehead atoms. The maximum atomic E-state index is 13.6. The topological polar surface area (TPSA) is 82.1 Å². The van der Waals surface area contributed by atoms with Gasteiger partial charge in [-0.3, -0.25) is 10.1 Å². The third-order valence-corrected chi connectivity index (χ3v) is 7.57. The molecule has 1 aromatic carbocycles.